The first-order valence-electron chi connectivity index (χ1n) is 9.50. The zero-order valence-electron chi connectivity index (χ0n) is 17.2. The fourth-order valence-electron chi connectivity index (χ4n) is 3.32. The van der Waals surface area contributed by atoms with Crippen molar-refractivity contribution in [2.45, 2.75) is 12.6 Å². The summed E-state index contributed by atoms with van der Waals surface area (Å²) in [6.45, 7) is 2.46. The molecular weight excluding hydrogens is 426 g/mol. The van der Waals surface area contributed by atoms with Gasteiger partial charge in [0.05, 0.1) is 50.0 Å². The van der Waals surface area contributed by atoms with Gasteiger partial charge < -0.3 is 18.9 Å². The van der Waals surface area contributed by atoms with Crippen molar-refractivity contribution in [3.8, 4) is 23.3 Å². The predicted octanol–water partition coefficient (Wildman–Crippen LogP) is 3.42. The summed E-state index contributed by atoms with van der Waals surface area (Å²) < 4.78 is 22.2. The van der Waals surface area contributed by atoms with Crippen molar-refractivity contribution in [1.82, 2.24) is 4.90 Å². The molecule has 1 unspecified atom stereocenters. The van der Waals surface area contributed by atoms with Crippen LogP contribution in [0.15, 0.2) is 30.3 Å². The van der Waals surface area contributed by atoms with E-state index in [0.717, 1.165) is 11.6 Å². The lowest BCUT2D eigenvalue weighted by atomic mass is 10.1. The maximum atomic E-state index is 11.2. The van der Waals surface area contributed by atoms with Gasteiger partial charge >= 0.3 is 0 Å². The van der Waals surface area contributed by atoms with E-state index in [0.29, 0.717) is 37.8 Å². The SMILES string of the molecule is COc1ccc(CN2CCOCC2COc2cc(C#N)cc([N+](=O)[O-])c2Cl)c(OC)c1. The summed E-state index contributed by atoms with van der Waals surface area (Å²) >= 11 is 6.14. The van der Waals surface area contributed by atoms with Crippen LogP contribution in [-0.4, -0.2) is 56.5 Å². The number of nitro benzene ring substituents is 1. The Morgan fingerprint density at radius 1 is 1.29 bits per heavy atom. The van der Waals surface area contributed by atoms with E-state index in [2.05, 4.69) is 4.90 Å². The monoisotopic (exact) mass is 447 g/mol. The van der Waals surface area contributed by atoms with Crippen LogP contribution in [0.5, 0.6) is 17.2 Å². The van der Waals surface area contributed by atoms with Crippen molar-refractivity contribution in [1.29, 1.82) is 5.26 Å². The minimum absolute atomic E-state index is 0.0972. The van der Waals surface area contributed by atoms with Crippen LogP contribution in [0.2, 0.25) is 5.02 Å². The third-order valence-corrected chi connectivity index (χ3v) is 5.37. The second kappa shape index (κ2) is 10.3. The average Bonchev–Trinajstić information content (AvgIpc) is 2.79. The quantitative estimate of drug-likeness (QED) is 0.447. The van der Waals surface area contributed by atoms with Crippen LogP contribution < -0.4 is 14.2 Å². The van der Waals surface area contributed by atoms with E-state index in [4.69, 9.17) is 35.8 Å². The number of benzene rings is 2. The molecule has 1 heterocycles. The van der Waals surface area contributed by atoms with Crippen molar-refractivity contribution in [3.05, 3.63) is 56.6 Å². The first kappa shape index (κ1) is 22.6. The molecule has 0 aliphatic carbocycles. The van der Waals surface area contributed by atoms with Crippen molar-refractivity contribution in [3.63, 3.8) is 0 Å². The van der Waals surface area contributed by atoms with Crippen LogP contribution in [-0.2, 0) is 11.3 Å². The third kappa shape index (κ3) is 5.35. The fourth-order valence-corrected chi connectivity index (χ4v) is 3.56. The maximum absolute atomic E-state index is 11.2. The highest BCUT2D eigenvalue weighted by Gasteiger charge is 2.26. The van der Waals surface area contributed by atoms with Gasteiger partial charge in [-0.1, -0.05) is 17.7 Å². The molecule has 1 atom stereocenters. The molecule has 9 nitrogen and oxygen atoms in total. The number of ether oxygens (including phenoxy) is 4. The highest BCUT2D eigenvalue weighted by atomic mass is 35.5. The molecule has 0 aromatic heterocycles. The number of hydrogen-bond donors (Lipinski definition) is 0. The zero-order valence-corrected chi connectivity index (χ0v) is 17.9. The van der Waals surface area contributed by atoms with Gasteiger partial charge in [0.15, 0.2) is 5.02 Å². The number of halogens is 1. The minimum Gasteiger partial charge on any atom is -0.497 e. The number of morpholine rings is 1. The molecule has 2 aromatic carbocycles. The summed E-state index contributed by atoms with van der Waals surface area (Å²) in [5.74, 6) is 1.52. The number of nitro groups is 1. The molecule has 3 rings (SSSR count). The molecule has 0 N–H and O–H groups in total. The standard InChI is InChI=1S/C21H22ClN3O6/c1-28-17-4-3-15(19(9-17)29-2)11-24-5-6-30-12-16(24)13-31-20-8-14(10-23)7-18(21(20)22)25(26)27/h3-4,7-9,16H,5-6,11-13H2,1-2H3. The van der Waals surface area contributed by atoms with Gasteiger partial charge in [0.2, 0.25) is 0 Å². The summed E-state index contributed by atoms with van der Waals surface area (Å²) in [5, 5.41) is 20.2. The van der Waals surface area contributed by atoms with Crippen LogP contribution in [0.1, 0.15) is 11.1 Å². The van der Waals surface area contributed by atoms with Gasteiger partial charge in [0.25, 0.3) is 5.69 Å². The smallest absolute Gasteiger partial charge is 0.293 e. The second-order valence-corrected chi connectivity index (χ2v) is 7.24. The molecule has 0 amide bonds. The molecule has 1 fully saturated rings. The normalized spacial score (nSPS) is 16.4. The van der Waals surface area contributed by atoms with E-state index >= 15 is 0 Å². The number of rotatable bonds is 8. The van der Waals surface area contributed by atoms with E-state index in [9.17, 15) is 10.1 Å². The summed E-state index contributed by atoms with van der Waals surface area (Å²) in [4.78, 5) is 12.8. The number of nitrogens with zero attached hydrogens (tertiary/aromatic N) is 3. The summed E-state index contributed by atoms with van der Waals surface area (Å²) in [5.41, 5.74) is 0.719. The lowest BCUT2D eigenvalue weighted by molar-refractivity contribution is -0.384. The van der Waals surface area contributed by atoms with Crippen LogP contribution in [0.25, 0.3) is 0 Å². The predicted molar refractivity (Wildman–Crippen MR) is 113 cm³/mol. The Bertz CT molecular complexity index is 994. The summed E-state index contributed by atoms with van der Waals surface area (Å²) in [6.07, 6.45) is 0. The number of nitriles is 1. The van der Waals surface area contributed by atoms with Gasteiger partial charge in [-0.05, 0) is 12.1 Å². The minimum atomic E-state index is -0.637. The molecule has 1 aliphatic heterocycles. The van der Waals surface area contributed by atoms with Crippen molar-refractivity contribution in [2.75, 3.05) is 40.6 Å². The van der Waals surface area contributed by atoms with Gasteiger partial charge in [-0.25, -0.2) is 0 Å². The van der Waals surface area contributed by atoms with Crippen molar-refractivity contribution in [2.24, 2.45) is 0 Å². The second-order valence-electron chi connectivity index (χ2n) is 6.86. The van der Waals surface area contributed by atoms with Gasteiger partial charge in [0.1, 0.15) is 23.9 Å². The van der Waals surface area contributed by atoms with Crippen LogP contribution in [0.3, 0.4) is 0 Å². The molecule has 0 spiro atoms. The Balaban J connectivity index is 1.76. The average molecular weight is 448 g/mol. The van der Waals surface area contributed by atoms with Gasteiger partial charge in [0, 0.05) is 30.8 Å². The first-order chi connectivity index (χ1) is 15.0. The molecule has 10 heteroatoms. The zero-order chi connectivity index (χ0) is 22.4. The largest absolute Gasteiger partial charge is 0.497 e. The van der Waals surface area contributed by atoms with E-state index in [1.807, 2.05) is 24.3 Å². The van der Waals surface area contributed by atoms with Crippen LogP contribution in [0, 0.1) is 21.4 Å². The lowest BCUT2D eigenvalue weighted by Gasteiger charge is -2.35. The van der Waals surface area contributed by atoms with Crippen molar-refractivity contribution >= 4 is 17.3 Å². The van der Waals surface area contributed by atoms with E-state index in [1.165, 1.54) is 6.07 Å². The highest BCUT2D eigenvalue weighted by Crippen LogP contribution is 2.35. The molecule has 0 radical (unpaired) electrons. The molecule has 1 aliphatic rings. The number of hydrogen-bond acceptors (Lipinski definition) is 8. The van der Waals surface area contributed by atoms with Gasteiger partial charge in [-0.3, -0.25) is 15.0 Å². The fraction of sp³-hybridized carbons (Fsp3) is 0.381. The Morgan fingerprint density at radius 2 is 2.10 bits per heavy atom. The maximum Gasteiger partial charge on any atom is 0.293 e. The van der Waals surface area contributed by atoms with Crippen molar-refractivity contribution < 1.29 is 23.9 Å². The van der Waals surface area contributed by atoms with Crippen LogP contribution in [0.4, 0.5) is 5.69 Å². The van der Waals surface area contributed by atoms with E-state index in [1.54, 1.807) is 14.2 Å². The van der Waals surface area contributed by atoms with Gasteiger partial charge in [-0.15, -0.1) is 0 Å². The highest BCUT2D eigenvalue weighted by molar-refractivity contribution is 6.34. The molecule has 0 saturated carbocycles. The lowest BCUT2D eigenvalue weighted by Crippen LogP contribution is -2.48. The molecule has 31 heavy (non-hydrogen) atoms. The van der Waals surface area contributed by atoms with E-state index in [-0.39, 0.29) is 34.7 Å². The molecule has 164 valence electrons. The van der Waals surface area contributed by atoms with Gasteiger partial charge in [-0.2, -0.15) is 5.26 Å². The molecular formula is C21H22ClN3O6. The molecule has 1 saturated heterocycles. The summed E-state index contributed by atoms with van der Waals surface area (Å²) in [6, 6.07) is 9.93. The molecule has 2 aromatic rings. The topological polar surface area (TPSA) is 107 Å². The molecule has 0 bridgehead atoms. The Kier molecular flexibility index (Phi) is 7.52. The Labute approximate surface area is 184 Å². The Morgan fingerprint density at radius 3 is 2.77 bits per heavy atom. The van der Waals surface area contributed by atoms with E-state index < -0.39 is 4.92 Å². The Hall–Kier alpha value is -3.06. The van der Waals surface area contributed by atoms with Crippen LogP contribution >= 0.6 is 11.6 Å². The number of methoxy groups -OCH3 is 2. The summed E-state index contributed by atoms with van der Waals surface area (Å²) in [7, 11) is 3.20. The third-order valence-electron chi connectivity index (χ3n) is 4.99. The first-order valence-corrected chi connectivity index (χ1v) is 9.88.